The molecule has 2 aliphatic rings. The van der Waals surface area contributed by atoms with Crippen molar-refractivity contribution in [1.82, 2.24) is 10.2 Å². The molecule has 1 amide bonds. The fraction of sp³-hybridized carbons (Fsp3) is 0.667. The van der Waals surface area contributed by atoms with Crippen molar-refractivity contribution >= 4 is 5.91 Å². The van der Waals surface area contributed by atoms with E-state index in [1.165, 1.54) is 49.9 Å². The normalized spacial score (nSPS) is 24.8. The van der Waals surface area contributed by atoms with Crippen molar-refractivity contribution in [3.8, 4) is 0 Å². The van der Waals surface area contributed by atoms with Crippen LogP contribution in [-0.4, -0.2) is 29.9 Å². The van der Waals surface area contributed by atoms with E-state index in [0.717, 1.165) is 25.8 Å². The van der Waals surface area contributed by atoms with E-state index in [1.54, 1.807) is 0 Å². The van der Waals surface area contributed by atoms with Crippen molar-refractivity contribution in [3.63, 3.8) is 0 Å². The Morgan fingerprint density at radius 2 is 1.68 bits per heavy atom. The van der Waals surface area contributed by atoms with Crippen molar-refractivity contribution in [3.05, 3.63) is 35.4 Å². The van der Waals surface area contributed by atoms with Crippen molar-refractivity contribution in [2.45, 2.75) is 70.5 Å². The number of benzene rings is 1. The van der Waals surface area contributed by atoms with Crippen LogP contribution in [0.1, 0.15) is 62.5 Å². The largest absolute Gasteiger partial charge is 0.352 e. The van der Waals surface area contributed by atoms with Gasteiger partial charge in [-0.2, -0.15) is 0 Å². The van der Waals surface area contributed by atoms with Crippen LogP contribution in [0.2, 0.25) is 0 Å². The van der Waals surface area contributed by atoms with Gasteiger partial charge in [0.25, 0.3) is 0 Å². The number of nitrogens with one attached hydrogen (secondary N) is 1. The highest BCUT2D eigenvalue weighted by Gasteiger charge is 2.25. The zero-order chi connectivity index (χ0) is 17.5. The summed E-state index contributed by atoms with van der Waals surface area (Å²) in [5, 5.41) is 3.05. The Bertz CT molecular complexity index is 535. The molecule has 1 heterocycles. The minimum atomic E-state index is 0.135. The molecule has 1 aliphatic heterocycles. The highest BCUT2D eigenvalue weighted by Crippen LogP contribution is 2.26. The molecule has 0 spiro atoms. The second-order valence-corrected chi connectivity index (χ2v) is 7.84. The Hall–Kier alpha value is -1.39. The van der Waals surface area contributed by atoms with Gasteiger partial charge in [0.2, 0.25) is 5.91 Å². The predicted molar refractivity (Wildman–Crippen MR) is 102 cm³/mol. The van der Waals surface area contributed by atoms with Gasteiger partial charge in [-0.3, -0.25) is 9.69 Å². The molecule has 2 fully saturated rings. The van der Waals surface area contributed by atoms with E-state index >= 15 is 0 Å². The lowest BCUT2D eigenvalue weighted by Crippen LogP contribution is -2.31. The molecule has 1 aromatic carbocycles. The van der Waals surface area contributed by atoms with E-state index in [-0.39, 0.29) is 11.9 Å². The maximum absolute atomic E-state index is 12.1. The summed E-state index contributed by atoms with van der Waals surface area (Å²) in [5.74, 6) is 0.506. The van der Waals surface area contributed by atoms with E-state index < -0.39 is 0 Å². The van der Waals surface area contributed by atoms with Crippen molar-refractivity contribution < 1.29 is 4.79 Å². The number of hydrogen-bond donors (Lipinski definition) is 2. The summed E-state index contributed by atoms with van der Waals surface area (Å²) in [4.78, 5) is 14.7. The lowest BCUT2D eigenvalue weighted by molar-refractivity contribution is -0.122. The third-order valence-electron chi connectivity index (χ3n) is 5.78. The van der Waals surface area contributed by atoms with Gasteiger partial charge in [0.15, 0.2) is 0 Å². The first-order chi connectivity index (χ1) is 12.2. The summed E-state index contributed by atoms with van der Waals surface area (Å²) in [5.41, 5.74) is 8.59. The topological polar surface area (TPSA) is 58.4 Å². The third kappa shape index (κ3) is 5.82. The summed E-state index contributed by atoms with van der Waals surface area (Å²) in [6.07, 6.45) is 9.31. The van der Waals surface area contributed by atoms with E-state index in [4.69, 9.17) is 5.73 Å². The number of carbonyl (C=O) groups is 1. The molecule has 0 radical (unpaired) electrons. The fourth-order valence-corrected chi connectivity index (χ4v) is 4.14. The first-order valence-corrected chi connectivity index (χ1v) is 10.0. The number of nitrogens with zero attached hydrogens (tertiary/aromatic N) is 1. The standard InChI is InChI=1S/C21H33N3O/c22-20-7-5-6-19(20)14-21(25)23-15-17-8-10-18(11-9-17)16-24-12-3-1-2-4-13-24/h8-11,19-20H,1-7,12-16,22H2,(H,23,25)/t19-,20+/m0/s1. The van der Waals surface area contributed by atoms with Crippen molar-refractivity contribution in [2.75, 3.05) is 13.1 Å². The maximum atomic E-state index is 12.1. The number of nitrogens with two attached hydrogens (primary N) is 1. The molecule has 25 heavy (non-hydrogen) atoms. The Morgan fingerprint density at radius 3 is 2.32 bits per heavy atom. The molecule has 1 aromatic rings. The second kappa shape index (κ2) is 9.35. The van der Waals surface area contributed by atoms with Crippen LogP contribution in [0, 0.1) is 5.92 Å². The summed E-state index contributed by atoms with van der Waals surface area (Å²) in [7, 11) is 0. The Kier molecular flexibility index (Phi) is 6.88. The zero-order valence-corrected chi connectivity index (χ0v) is 15.4. The molecule has 1 saturated heterocycles. The lowest BCUT2D eigenvalue weighted by Gasteiger charge is -2.20. The van der Waals surface area contributed by atoms with Crippen LogP contribution in [-0.2, 0) is 17.9 Å². The Labute approximate surface area is 152 Å². The Morgan fingerprint density at radius 1 is 1.00 bits per heavy atom. The molecule has 0 unspecified atom stereocenters. The van der Waals surface area contributed by atoms with E-state index in [2.05, 4.69) is 34.5 Å². The quantitative estimate of drug-likeness (QED) is 0.834. The molecule has 3 rings (SSSR count). The van der Waals surface area contributed by atoms with Crippen LogP contribution in [0.15, 0.2) is 24.3 Å². The van der Waals surface area contributed by atoms with Crippen molar-refractivity contribution in [1.29, 1.82) is 0 Å². The number of carbonyl (C=O) groups excluding carboxylic acids is 1. The summed E-state index contributed by atoms with van der Waals surface area (Å²) < 4.78 is 0. The van der Waals surface area contributed by atoms with Gasteiger partial charge in [-0.1, -0.05) is 43.5 Å². The maximum Gasteiger partial charge on any atom is 0.220 e. The smallest absolute Gasteiger partial charge is 0.220 e. The molecule has 1 saturated carbocycles. The van der Waals surface area contributed by atoms with Gasteiger partial charge in [-0.15, -0.1) is 0 Å². The van der Waals surface area contributed by atoms with Crippen LogP contribution >= 0.6 is 0 Å². The molecular weight excluding hydrogens is 310 g/mol. The molecule has 3 N–H and O–H groups in total. The fourth-order valence-electron chi connectivity index (χ4n) is 4.14. The average molecular weight is 344 g/mol. The highest BCUT2D eigenvalue weighted by atomic mass is 16.1. The number of amides is 1. The number of hydrogen-bond acceptors (Lipinski definition) is 3. The van der Waals surface area contributed by atoms with Gasteiger partial charge < -0.3 is 11.1 Å². The summed E-state index contributed by atoms with van der Waals surface area (Å²) >= 11 is 0. The van der Waals surface area contributed by atoms with Gasteiger partial charge in [-0.25, -0.2) is 0 Å². The lowest BCUT2D eigenvalue weighted by atomic mass is 10.00. The van der Waals surface area contributed by atoms with Crippen molar-refractivity contribution in [2.24, 2.45) is 11.7 Å². The molecule has 0 bridgehead atoms. The average Bonchev–Trinajstić information content (AvgIpc) is 2.85. The number of likely N-dealkylation sites (tertiary alicyclic amines) is 1. The van der Waals surface area contributed by atoms with Gasteiger partial charge >= 0.3 is 0 Å². The van der Waals surface area contributed by atoms with Gasteiger partial charge in [0.05, 0.1) is 0 Å². The number of rotatable bonds is 6. The monoisotopic (exact) mass is 343 g/mol. The molecule has 2 atom stereocenters. The first kappa shape index (κ1) is 18.4. The van der Waals surface area contributed by atoms with E-state index in [0.29, 0.717) is 18.9 Å². The second-order valence-electron chi connectivity index (χ2n) is 7.84. The SMILES string of the molecule is N[C@@H]1CCC[C@H]1CC(=O)NCc1ccc(CN2CCCCCC2)cc1. The molecular formula is C21H33N3O. The van der Waals surface area contributed by atoms with Crippen LogP contribution in [0.4, 0.5) is 0 Å². The van der Waals surface area contributed by atoms with Gasteiger partial charge in [0.1, 0.15) is 0 Å². The minimum Gasteiger partial charge on any atom is -0.352 e. The van der Waals surface area contributed by atoms with Crippen LogP contribution in [0.3, 0.4) is 0 Å². The first-order valence-electron chi connectivity index (χ1n) is 10.0. The van der Waals surface area contributed by atoms with Gasteiger partial charge in [-0.05, 0) is 55.8 Å². The van der Waals surface area contributed by atoms with Gasteiger partial charge in [0, 0.05) is 25.6 Å². The molecule has 4 heteroatoms. The minimum absolute atomic E-state index is 0.135. The van der Waals surface area contributed by atoms with E-state index in [1.807, 2.05) is 0 Å². The Balaban J connectivity index is 1.41. The van der Waals surface area contributed by atoms with Crippen LogP contribution < -0.4 is 11.1 Å². The predicted octanol–water partition coefficient (Wildman–Crippen LogP) is 3.20. The van der Waals surface area contributed by atoms with Crippen LogP contribution in [0.5, 0.6) is 0 Å². The van der Waals surface area contributed by atoms with E-state index in [9.17, 15) is 4.79 Å². The zero-order valence-electron chi connectivity index (χ0n) is 15.4. The summed E-state index contributed by atoms with van der Waals surface area (Å²) in [6, 6.07) is 8.92. The highest BCUT2D eigenvalue weighted by molar-refractivity contribution is 5.76. The summed E-state index contributed by atoms with van der Waals surface area (Å²) in [6.45, 7) is 4.11. The van der Waals surface area contributed by atoms with Crippen LogP contribution in [0.25, 0.3) is 0 Å². The molecule has 138 valence electrons. The third-order valence-corrected chi connectivity index (χ3v) is 5.78. The molecule has 0 aromatic heterocycles. The molecule has 1 aliphatic carbocycles. The molecule has 4 nitrogen and oxygen atoms in total.